The Labute approximate surface area is 123 Å². The number of benzene rings is 1. The predicted molar refractivity (Wildman–Crippen MR) is 75.2 cm³/mol. The number of nitro groups is 1. The molecule has 7 nitrogen and oxygen atoms in total. The molecule has 0 aliphatic carbocycles. The molecule has 1 heterocycles. The Morgan fingerprint density at radius 3 is 2.75 bits per heavy atom. The van der Waals surface area contributed by atoms with Crippen LogP contribution < -0.4 is 5.32 Å². The minimum atomic E-state index is -0.680. The number of amides is 2. The molecule has 0 radical (unpaired) electrons. The largest absolute Gasteiger partial charge is 0.372 e. The van der Waals surface area contributed by atoms with Crippen LogP contribution in [0.2, 0.25) is 0 Å². The first-order valence-electron chi connectivity index (χ1n) is 5.98. The lowest BCUT2D eigenvalue weighted by Crippen LogP contribution is -2.34. The number of nitrogens with one attached hydrogen (secondary N) is 1. The normalized spacial score (nSPS) is 18.5. The number of carbonyl (C=O) groups excluding carboxylic acids is 2. The van der Waals surface area contributed by atoms with E-state index in [1.165, 1.54) is 23.1 Å². The fourth-order valence-corrected chi connectivity index (χ4v) is 2.41. The highest BCUT2D eigenvalue weighted by Gasteiger charge is 2.37. The molecule has 1 saturated heterocycles. The van der Waals surface area contributed by atoms with E-state index in [1.54, 1.807) is 6.92 Å². The van der Waals surface area contributed by atoms with E-state index < -0.39 is 11.0 Å². The van der Waals surface area contributed by atoms with E-state index in [1.807, 2.05) is 0 Å². The van der Waals surface area contributed by atoms with Gasteiger partial charge in [-0.05, 0) is 28.9 Å². The second-order valence-corrected chi connectivity index (χ2v) is 5.15. The third kappa shape index (κ3) is 2.64. The van der Waals surface area contributed by atoms with Gasteiger partial charge in [-0.2, -0.15) is 0 Å². The van der Waals surface area contributed by atoms with Gasteiger partial charge in [0.2, 0.25) is 5.91 Å². The smallest absolute Gasteiger partial charge is 0.271 e. The van der Waals surface area contributed by atoms with Crippen LogP contribution in [-0.2, 0) is 9.59 Å². The Kier molecular flexibility index (Phi) is 4.03. The fraction of sp³-hybridized carbons (Fsp3) is 0.333. The summed E-state index contributed by atoms with van der Waals surface area (Å²) in [6, 6.07) is 3.53. The molecule has 1 atom stereocenters. The molecular weight excluding hydrogens is 330 g/mol. The molecule has 1 fully saturated rings. The molecule has 2 rings (SSSR count). The molecule has 1 aromatic carbocycles. The van der Waals surface area contributed by atoms with Crippen molar-refractivity contribution in [1.82, 2.24) is 4.90 Å². The van der Waals surface area contributed by atoms with Crippen molar-refractivity contribution in [1.29, 1.82) is 0 Å². The maximum atomic E-state index is 12.0. The number of hydrogen-bond donors (Lipinski definition) is 1. The Morgan fingerprint density at radius 1 is 1.50 bits per heavy atom. The minimum absolute atomic E-state index is 0.0573. The number of likely N-dealkylation sites (N-methyl/N-ethyl adjacent to an activating group) is 1. The molecule has 0 bridgehead atoms. The number of imide groups is 1. The lowest BCUT2D eigenvalue weighted by atomic mass is 10.2. The van der Waals surface area contributed by atoms with E-state index in [2.05, 4.69) is 21.2 Å². The van der Waals surface area contributed by atoms with Gasteiger partial charge >= 0.3 is 0 Å². The molecule has 1 aromatic rings. The zero-order chi connectivity index (χ0) is 14.9. The van der Waals surface area contributed by atoms with Crippen LogP contribution in [0.25, 0.3) is 0 Å². The summed E-state index contributed by atoms with van der Waals surface area (Å²) in [7, 11) is 0. The van der Waals surface area contributed by atoms with Gasteiger partial charge in [-0.1, -0.05) is 0 Å². The number of rotatable bonds is 4. The van der Waals surface area contributed by atoms with Crippen molar-refractivity contribution < 1.29 is 14.5 Å². The summed E-state index contributed by atoms with van der Waals surface area (Å²) in [6.45, 7) is 2.05. The second kappa shape index (κ2) is 5.58. The highest BCUT2D eigenvalue weighted by molar-refractivity contribution is 9.10. The molecule has 2 amide bonds. The number of carbonyl (C=O) groups is 2. The van der Waals surface area contributed by atoms with Gasteiger partial charge in [-0.15, -0.1) is 0 Å². The summed E-state index contributed by atoms with van der Waals surface area (Å²) < 4.78 is 0.596. The topological polar surface area (TPSA) is 92.6 Å². The first-order valence-corrected chi connectivity index (χ1v) is 6.78. The Hall–Kier alpha value is -1.96. The van der Waals surface area contributed by atoms with Crippen molar-refractivity contribution in [2.24, 2.45) is 0 Å². The third-order valence-electron chi connectivity index (χ3n) is 3.05. The highest BCUT2D eigenvalue weighted by Crippen LogP contribution is 2.29. The van der Waals surface area contributed by atoms with E-state index in [9.17, 15) is 19.7 Å². The lowest BCUT2D eigenvalue weighted by molar-refractivity contribution is -0.384. The van der Waals surface area contributed by atoms with Gasteiger partial charge in [0.15, 0.2) is 0 Å². The third-order valence-corrected chi connectivity index (χ3v) is 3.74. The molecule has 0 saturated carbocycles. The average Bonchev–Trinajstić information content (AvgIpc) is 2.66. The number of likely N-dealkylation sites (tertiary alicyclic amines) is 1. The summed E-state index contributed by atoms with van der Waals surface area (Å²) in [6.07, 6.45) is 0.0573. The molecule has 0 aromatic heterocycles. The Bertz CT molecular complexity index is 590. The molecule has 1 aliphatic rings. The Balaban J connectivity index is 2.22. The zero-order valence-electron chi connectivity index (χ0n) is 10.6. The van der Waals surface area contributed by atoms with Crippen molar-refractivity contribution in [3.05, 3.63) is 32.8 Å². The number of nitro benzene ring substituents is 1. The number of anilines is 1. The molecule has 1 N–H and O–H groups in total. The maximum absolute atomic E-state index is 12.0. The van der Waals surface area contributed by atoms with Gasteiger partial charge in [0.1, 0.15) is 6.04 Å². The van der Waals surface area contributed by atoms with Gasteiger partial charge in [-0.3, -0.25) is 24.6 Å². The van der Waals surface area contributed by atoms with Gasteiger partial charge in [0.25, 0.3) is 11.6 Å². The van der Waals surface area contributed by atoms with Gasteiger partial charge in [0, 0.05) is 23.2 Å². The minimum Gasteiger partial charge on any atom is -0.372 e. The van der Waals surface area contributed by atoms with Crippen LogP contribution in [-0.4, -0.2) is 34.2 Å². The van der Waals surface area contributed by atoms with E-state index in [4.69, 9.17) is 0 Å². The molecule has 0 spiro atoms. The molecule has 8 heteroatoms. The maximum Gasteiger partial charge on any atom is 0.271 e. The monoisotopic (exact) mass is 341 g/mol. The molecular formula is C12H12BrN3O4. The number of halogens is 1. The number of non-ortho nitro benzene ring substituents is 1. The molecule has 1 unspecified atom stereocenters. The Morgan fingerprint density at radius 2 is 2.20 bits per heavy atom. The lowest BCUT2D eigenvalue weighted by Gasteiger charge is -2.14. The van der Waals surface area contributed by atoms with Gasteiger partial charge in [0.05, 0.1) is 17.0 Å². The predicted octanol–water partition coefficient (Wildman–Crippen LogP) is 1.92. The van der Waals surface area contributed by atoms with Crippen molar-refractivity contribution >= 4 is 39.1 Å². The zero-order valence-corrected chi connectivity index (χ0v) is 12.2. The van der Waals surface area contributed by atoms with Crippen molar-refractivity contribution in [2.45, 2.75) is 19.4 Å². The second-order valence-electron chi connectivity index (χ2n) is 4.30. The van der Waals surface area contributed by atoms with E-state index >= 15 is 0 Å². The van der Waals surface area contributed by atoms with Crippen molar-refractivity contribution in [3.8, 4) is 0 Å². The first kappa shape index (κ1) is 14.4. The van der Waals surface area contributed by atoms with Crippen molar-refractivity contribution in [2.75, 3.05) is 11.9 Å². The van der Waals surface area contributed by atoms with Crippen LogP contribution in [0.4, 0.5) is 11.4 Å². The molecule has 106 valence electrons. The summed E-state index contributed by atoms with van der Waals surface area (Å²) >= 11 is 3.26. The molecule has 20 heavy (non-hydrogen) atoms. The fourth-order valence-electron chi connectivity index (χ4n) is 2.05. The average molecular weight is 342 g/mol. The van der Waals surface area contributed by atoms with Crippen LogP contribution in [0.1, 0.15) is 13.3 Å². The summed E-state index contributed by atoms with van der Waals surface area (Å²) in [4.78, 5) is 35.0. The van der Waals surface area contributed by atoms with E-state index in [0.29, 0.717) is 16.7 Å². The number of nitrogens with zero attached hydrogens (tertiary/aromatic N) is 2. The van der Waals surface area contributed by atoms with Crippen LogP contribution in [0.15, 0.2) is 22.7 Å². The summed E-state index contributed by atoms with van der Waals surface area (Å²) in [5.74, 6) is -0.549. The number of hydrogen-bond acceptors (Lipinski definition) is 5. The van der Waals surface area contributed by atoms with Gasteiger partial charge in [-0.25, -0.2) is 0 Å². The highest BCUT2D eigenvalue weighted by atomic mass is 79.9. The SMILES string of the molecule is CCN1C(=O)CC(Nc2cc([N+](=O)[O-])ccc2Br)C1=O. The van der Waals surface area contributed by atoms with E-state index in [-0.39, 0.29) is 23.9 Å². The van der Waals surface area contributed by atoms with Crippen LogP contribution in [0.5, 0.6) is 0 Å². The summed E-state index contributed by atoms with van der Waals surface area (Å²) in [5.41, 5.74) is 0.336. The van der Waals surface area contributed by atoms with Crippen LogP contribution in [0, 0.1) is 10.1 Å². The van der Waals surface area contributed by atoms with Crippen molar-refractivity contribution in [3.63, 3.8) is 0 Å². The summed E-state index contributed by atoms with van der Waals surface area (Å²) in [5, 5.41) is 13.6. The van der Waals surface area contributed by atoms with Crippen LogP contribution in [0.3, 0.4) is 0 Å². The van der Waals surface area contributed by atoms with Gasteiger partial charge < -0.3 is 5.32 Å². The quantitative estimate of drug-likeness (QED) is 0.513. The van der Waals surface area contributed by atoms with Crippen LogP contribution >= 0.6 is 15.9 Å². The first-order chi connectivity index (χ1) is 9.43. The van der Waals surface area contributed by atoms with E-state index in [0.717, 1.165) is 0 Å². The standard InChI is InChI=1S/C12H12BrN3O4/c1-2-15-11(17)6-10(12(15)18)14-9-5-7(16(19)20)3-4-8(9)13/h3-5,10,14H,2,6H2,1H3. The molecule has 1 aliphatic heterocycles.